The van der Waals surface area contributed by atoms with Crippen molar-refractivity contribution in [3.63, 3.8) is 0 Å². The number of hydrogen-bond acceptors (Lipinski definition) is 4. The molecule has 2 aromatic rings. The first-order valence-corrected chi connectivity index (χ1v) is 13.4. The minimum atomic E-state index is 0.0324. The van der Waals surface area contributed by atoms with E-state index in [1.54, 1.807) is 0 Å². The van der Waals surface area contributed by atoms with Crippen LogP contribution in [0.15, 0.2) is 34.1 Å². The maximum Gasteiger partial charge on any atom is 0.0482 e. The van der Waals surface area contributed by atoms with Crippen LogP contribution in [0.2, 0.25) is 0 Å². The van der Waals surface area contributed by atoms with Crippen LogP contribution in [0.25, 0.3) is 0 Å². The van der Waals surface area contributed by atoms with E-state index in [-0.39, 0.29) is 21.7 Å². The van der Waals surface area contributed by atoms with Crippen molar-refractivity contribution in [3.8, 4) is 0 Å². The van der Waals surface area contributed by atoms with Crippen molar-refractivity contribution in [2.45, 2.75) is 115 Å². The lowest BCUT2D eigenvalue weighted by atomic mass is 9.80. The fourth-order valence-electron chi connectivity index (χ4n) is 3.94. The van der Waals surface area contributed by atoms with Gasteiger partial charge in [-0.25, -0.2) is 0 Å². The molecular weight excluding hydrogens is 452 g/mol. The van der Waals surface area contributed by atoms with Crippen LogP contribution in [0, 0.1) is 0 Å². The summed E-state index contributed by atoms with van der Waals surface area (Å²) in [6.07, 6.45) is 0. The quantitative estimate of drug-likeness (QED) is 0.243. The van der Waals surface area contributed by atoms with E-state index in [0.29, 0.717) is 0 Å². The van der Waals surface area contributed by atoms with E-state index in [1.807, 2.05) is 0 Å². The zero-order valence-corrected chi connectivity index (χ0v) is 25.4. The Labute approximate surface area is 220 Å². The maximum atomic E-state index is 4.93. The number of benzene rings is 2. The van der Waals surface area contributed by atoms with Crippen LogP contribution < -0.4 is 10.6 Å². The van der Waals surface area contributed by atoms with E-state index >= 15 is 0 Å². The summed E-state index contributed by atoms with van der Waals surface area (Å²) in [6.45, 7) is 28.7. The van der Waals surface area contributed by atoms with Gasteiger partial charge in [0, 0.05) is 34.3 Å². The molecule has 0 unspecified atom stereocenters. The highest BCUT2D eigenvalue weighted by atomic mass is 32.1. The minimum absolute atomic E-state index is 0.0324. The van der Waals surface area contributed by atoms with Crippen LogP contribution in [-0.2, 0) is 21.7 Å². The van der Waals surface area contributed by atoms with Crippen LogP contribution in [0.5, 0.6) is 0 Å². The molecule has 0 atom stereocenters. The number of anilines is 2. The topological polar surface area (TPSA) is 24.1 Å². The van der Waals surface area contributed by atoms with Gasteiger partial charge < -0.3 is 10.6 Å². The lowest BCUT2D eigenvalue weighted by molar-refractivity contribution is 0.560. The first-order valence-electron chi connectivity index (χ1n) is 12.5. The maximum absolute atomic E-state index is 4.93. The summed E-state index contributed by atoms with van der Waals surface area (Å²) in [5, 5.41) is 7.31. The first kappa shape index (κ1) is 29.0. The molecule has 0 saturated heterocycles. The summed E-state index contributed by atoms with van der Waals surface area (Å²) in [5.74, 6) is 0. The Balaban J connectivity index is 2.29. The summed E-state index contributed by atoms with van der Waals surface area (Å²) < 4.78 is 0. The predicted molar refractivity (Wildman–Crippen MR) is 159 cm³/mol. The van der Waals surface area contributed by atoms with E-state index in [0.717, 1.165) is 34.3 Å². The molecule has 0 fully saturated rings. The summed E-state index contributed by atoms with van der Waals surface area (Å²) >= 11 is 9.86. The summed E-state index contributed by atoms with van der Waals surface area (Å²) in [6, 6.07) is 9.18. The van der Waals surface area contributed by atoms with Gasteiger partial charge in [-0.2, -0.15) is 0 Å². The second-order valence-corrected chi connectivity index (χ2v) is 14.6. The Morgan fingerprint density at radius 3 is 1.03 bits per heavy atom. The van der Waals surface area contributed by atoms with E-state index in [2.05, 4.69) is 118 Å². The molecule has 0 aliphatic rings. The summed E-state index contributed by atoms with van der Waals surface area (Å²) in [5.41, 5.74) is 7.65. The molecule has 2 N–H and O–H groups in total. The molecule has 2 aromatic carbocycles. The SMILES string of the molecule is CC(C)(C)c1cc(NCCNc2cc(C(C)(C)C)cc(C(C)(C)C)c2S)c(S)c(C(C)(C)C)c1. The Hall–Kier alpha value is -1.26. The van der Waals surface area contributed by atoms with Crippen LogP contribution in [0.3, 0.4) is 0 Å². The predicted octanol–water partition coefficient (Wildman–Crippen LogP) is 8.98. The van der Waals surface area contributed by atoms with Crippen molar-refractivity contribution in [2.75, 3.05) is 23.7 Å². The van der Waals surface area contributed by atoms with Crippen LogP contribution in [0.4, 0.5) is 11.4 Å². The van der Waals surface area contributed by atoms with Gasteiger partial charge in [-0.15, -0.1) is 25.3 Å². The van der Waals surface area contributed by atoms with Gasteiger partial charge in [0.15, 0.2) is 0 Å². The Morgan fingerprint density at radius 1 is 0.500 bits per heavy atom. The molecule has 0 heterocycles. The molecule has 2 nitrogen and oxygen atoms in total. The van der Waals surface area contributed by atoms with Gasteiger partial charge in [-0.1, -0.05) is 95.2 Å². The van der Waals surface area contributed by atoms with Gasteiger partial charge in [0.05, 0.1) is 0 Å². The molecule has 0 aliphatic heterocycles. The number of nitrogens with one attached hydrogen (secondary N) is 2. The molecule has 4 heteroatoms. The Kier molecular flexibility index (Phi) is 8.53. The second-order valence-electron chi connectivity index (χ2n) is 13.7. The van der Waals surface area contributed by atoms with Crippen LogP contribution >= 0.6 is 25.3 Å². The van der Waals surface area contributed by atoms with Crippen molar-refractivity contribution in [1.82, 2.24) is 0 Å². The van der Waals surface area contributed by atoms with Crippen molar-refractivity contribution < 1.29 is 0 Å². The highest BCUT2D eigenvalue weighted by Gasteiger charge is 2.25. The molecule has 2 rings (SSSR count). The van der Waals surface area contributed by atoms with E-state index in [1.165, 1.54) is 22.3 Å². The zero-order valence-electron chi connectivity index (χ0n) is 23.6. The standard InChI is InChI=1S/C30H48N2S2/c1-27(2,3)19-15-21(29(7,8)9)25(33)23(17-19)31-13-14-32-24-18-20(28(4,5)6)16-22(26(24)34)30(10,11)12/h15-18,31-34H,13-14H2,1-12H3. The molecule has 34 heavy (non-hydrogen) atoms. The van der Waals surface area contributed by atoms with Crippen LogP contribution in [-0.4, -0.2) is 13.1 Å². The lowest BCUT2D eigenvalue weighted by Gasteiger charge is -2.29. The third-order valence-corrected chi connectivity index (χ3v) is 7.29. The van der Waals surface area contributed by atoms with Crippen molar-refractivity contribution in [3.05, 3.63) is 46.5 Å². The van der Waals surface area contributed by atoms with E-state index in [4.69, 9.17) is 25.3 Å². The Bertz CT molecular complexity index is 927. The normalized spacial score (nSPS) is 13.2. The van der Waals surface area contributed by atoms with Gasteiger partial charge in [0.1, 0.15) is 0 Å². The molecule has 0 bridgehead atoms. The largest absolute Gasteiger partial charge is 0.382 e. The van der Waals surface area contributed by atoms with E-state index < -0.39 is 0 Å². The minimum Gasteiger partial charge on any atom is -0.382 e. The number of rotatable bonds is 5. The number of thiol groups is 2. The highest BCUT2D eigenvalue weighted by Crippen LogP contribution is 2.39. The van der Waals surface area contributed by atoms with Gasteiger partial charge >= 0.3 is 0 Å². The van der Waals surface area contributed by atoms with Crippen molar-refractivity contribution >= 4 is 36.6 Å². The molecule has 190 valence electrons. The van der Waals surface area contributed by atoms with E-state index in [9.17, 15) is 0 Å². The van der Waals surface area contributed by atoms with Crippen molar-refractivity contribution in [1.29, 1.82) is 0 Å². The smallest absolute Gasteiger partial charge is 0.0482 e. The summed E-state index contributed by atoms with van der Waals surface area (Å²) in [7, 11) is 0. The zero-order chi connectivity index (χ0) is 26.3. The van der Waals surface area contributed by atoms with Gasteiger partial charge in [0.25, 0.3) is 0 Å². The molecule has 0 amide bonds. The first-order chi connectivity index (χ1) is 15.2. The fraction of sp³-hybridized carbons (Fsp3) is 0.600. The van der Waals surface area contributed by atoms with Crippen molar-refractivity contribution in [2.24, 2.45) is 0 Å². The molecule has 0 spiro atoms. The molecule has 0 saturated carbocycles. The fourth-order valence-corrected chi connectivity index (χ4v) is 5.03. The van der Waals surface area contributed by atoms with Gasteiger partial charge in [0.2, 0.25) is 0 Å². The third-order valence-electron chi connectivity index (χ3n) is 6.32. The van der Waals surface area contributed by atoms with Crippen LogP contribution in [0.1, 0.15) is 105 Å². The monoisotopic (exact) mass is 500 g/mol. The highest BCUT2D eigenvalue weighted by molar-refractivity contribution is 7.80. The Morgan fingerprint density at radius 2 is 0.794 bits per heavy atom. The van der Waals surface area contributed by atoms with Gasteiger partial charge in [-0.05, 0) is 56.0 Å². The molecule has 0 radical (unpaired) electrons. The molecule has 0 aliphatic carbocycles. The van der Waals surface area contributed by atoms with Gasteiger partial charge in [-0.3, -0.25) is 0 Å². The summed E-state index contributed by atoms with van der Waals surface area (Å²) in [4.78, 5) is 2.08. The lowest BCUT2D eigenvalue weighted by Crippen LogP contribution is -2.21. The third kappa shape index (κ3) is 7.13. The average Bonchev–Trinajstić information content (AvgIpc) is 2.63. The number of hydrogen-bond donors (Lipinski definition) is 4. The average molecular weight is 501 g/mol. The molecule has 0 aromatic heterocycles. The second kappa shape index (κ2) is 10.0. The molecular formula is C30H48N2S2.